The van der Waals surface area contributed by atoms with Gasteiger partial charge in [-0.25, -0.2) is 4.79 Å². The topological polar surface area (TPSA) is 50.2 Å². The van der Waals surface area contributed by atoms with E-state index < -0.39 is 0 Å². The van der Waals surface area contributed by atoms with Gasteiger partial charge in [-0.15, -0.1) is 0 Å². The van der Waals surface area contributed by atoms with Gasteiger partial charge in [-0.2, -0.15) is 5.10 Å². The molecule has 1 aromatic heterocycles. The summed E-state index contributed by atoms with van der Waals surface area (Å²) in [7, 11) is 3.67. The summed E-state index contributed by atoms with van der Waals surface area (Å²) in [6.07, 6.45) is 5.88. The molecular weight excluding hydrogens is 228 g/mol. The van der Waals surface area contributed by atoms with Crippen LogP contribution < -0.4 is 5.32 Å². The first-order chi connectivity index (χ1) is 8.49. The molecule has 1 heterocycles. The zero-order valence-electron chi connectivity index (χ0n) is 11.8. The molecule has 1 rings (SSSR count). The maximum atomic E-state index is 11.8. The zero-order valence-corrected chi connectivity index (χ0v) is 11.8. The number of nitrogens with zero attached hydrogens (tertiary/aromatic N) is 3. The van der Waals surface area contributed by atoms with Gasteiger partial charge in [0.15, 0.2) is 0 Å². The van der Waals surface area contributed by atoms with Crippen LogP contribution in [0.5, 0.6) is 0 Å². The van der Waals surface area contributed by atoms with Gasteiger partial charge in [-0.3, -0.25) is 4.68 Å². The van der Waals surface area contributed by atoms with E-state index in [0.29, 0.717) is 12.5 Å². The van der Waals surface area contributed by atoms with Gasteiger partial charge < -0.3 is 10.2 Å². The minimum atomic E-state index is -0.0254. The van der Waals surface area contributed by atoms with Crippen LogP contribution in [0.1, 0.15) is 32.3 Å². The van der Waals surface area contributed by atoms with Crippen molar-refractivity contribution in [2.75, 3.05) is 13.6 Å². The van der Waals surface area contributed by atoms with E-state index in [0.717, 1.165) is 24.9 Å². The lowest BCUT2D eigenvalue weighted by Gasteiger charge is -2.17. The van der Waals surface area contributed by atoms with Crippen LogP contribution >= 0.6 is 0 Å². The van der Waals surface area contributed by atoms with Gasteiger partial charge in [-0.05, 0) is 18.8 Å². The molecule has 0 fully saturated rings. The molecule has 18 heavy (non-hydrogen) atoms. The van der Waals surface area contributed by atoms with E-state index in [-0.39, 0.29) is 6.03 Å². The third kappa shape index (κ3) is 5.21. The van der Waals surface area contributed by atoms with Crippen molar-refractivity contribution >= 4 is 6.03 Å². The fraction of sp³-hybridized carbons (Fsp3) is 0.692. The fourth-order valence-electron chi connectivity index (χ4n) is 1.74. The van der Waals surface area contributed by atoms with Crippen molar-refractivity contribution < 1.29 is 4.79 Å². The first-order valence-corrected chi connectivity index (χ1v) is 6.45. The highest BCUT2D eigenvalue weighted by atomic mass is 16.2. The van der Waals surface area contributed by atoms with Gasteiger partial charge in [0.05, 0.1) is 12.7 Å². The van der Waals surface area contributed by atoms with Crippen LogP contribution in [-0.2, 0) is 13.6 Å². The molecule has 1 aromatic rings. The van der Waals surface area contributed by atoms with Crippen molar-refractivity contribution in [3.63, 3.8) is 0 Å². The fourth-order valence-corrected chi connectivity index (χ4v) is 1.74. The second-order valence-electron chi connectivity index (χ2n) is 5.15. The largest absolute Gasteiger partial charge is 0.338 e. The molecule has 0 aliphatic carbocycles. The lowest BCUT2D eigenvalue weighted by molar-refractivity contribution is 0.206. The Morgan fingerprint density at radius 1 is 1.56 bits per heavy atom. The Bertz CT molecular complexity index is 373. The Morgan fingerprint density at radius 2 is 2.28 bits per heavy atom. The van der Waals surface area contributed by atoms with E-state index >= 15 is 0 Å². The van der Waals surface area contributed by atoms with E-state index in [2.05, 4.69) is 24.3 Å². The third-order valence-corrected chi connectivity index (χ3v) is 2.76. The summed E-state index contributed by atoms with van der Waals surface area (Å²) in [5.41, 5.74) is 1.04. The minimum Gasteiger partial charge on any atom is -0.338 e. The van der Waals surface area contributed by atoms with E-state index in [1.165, 1.54) is 0 Å². The van der Waals surface area contributed by atoms with Crippen molar-refractivity contribution in [3.05, 3.63) is 18.0 Å². The Hall–Kier alpha value is -1.52. The average molecular weight is 252 g/mol. The molecule has 0 bridgehead atoms. The van der Waals surface area contributed by atoms with Gasteiger partial charge in [0, 0.05) is 32.4 Å². The number of aromatic nitrogens is 2. The number of carbonyl (C=O) groups is 1. The van der Waals surface area contributed by atoms with Crippen molar-refractivity contribution in [1.29, 1.82) is 0 Å². The van der Waals surface area contributed by atoms with Gasteiger partial charge in [0.2, 0.25) is 0 Å². The quantitative estimate of drug-likeness (QED) is 0.787. The van der Waals surface area contributed by atoms with Crippen molar-refractivity contribution in [1.82, 2.24) is 20.0 Å². The van der Waals surface area contributed by atoms with E-state index in [9.17, 15) is 4.79 Å². The lowest BCUT2D eigenvalue weighted by atomic mass is 10.1. The summed E-state index contributed by atoms with van der Waals surface area (Å²) in [4.78, 5) is 13.5. The summed E-state index contributed by atoms with van der Waals surface area (Å²) in [6.45, 7) is 5.71. The highest BCUT2D eigenvalue weighted by molar-refractivity contribution is 5.73. The summed E-state index contributed by atoms with van der Waals surface area (Å²) in [5.74, 6) is 0.690. The number of carbonyl (C=O) groups excluding carboxylic acids is 1. The SMILES string of the molecule is CC(C)CCCNC(=O)N(C)Cc1cnn(C)c1. The first kappa shape index (κ1) is 14.5. The second-order valence-corrected chi connectivity index (χ2v) is 5.15. The number of urea groups is 1. The average Bonchev–Trinajstić information content (AvgIpc) is 2.69. The van der Waals surface area contributed by atoms with Crippen LogP contribution in [0, 0.1) is 5.92 Å². The maximum Gasteiger partial charge on any atom is 0.317 e. The number of hydrogen-bond acceptors (Lipinski definition) is 2. The minimum absolute atomic E-state index is 0.0254. The zero-order chi connectivity index (χ0) is 13.5. The van der Waals surface area contributed by atoms with Crippen molar-refractivity contribution in [2.45, 2.75) is 33.2 Å². The predicted octanol–water partition coefficient (Wildman–Crippen LogP) is 2.00. The molecule has 0 radical (unpaired) electrons. The maximum absolute atomic E-state index is 11.8. The number of nitrogens with one attached hydrogen (secondary N) is 1. The molecule has 0 spiro atoms. The third-order valence-electron chi connectivity index (χ3n) is 2.76. The standard InChI is InChI=1S/C13H24N4O/c1-11(2)6-5-7-14-13(18)16(3)9-12-8-15-17(4)10-12/h8,10-11H,5-7,9H2,1-4H3,(H,14,18). The summed E-state index contributed by atoms with van der Waals surface area (Å²) >= 11 is 0. The smallest absolute Gasteiger partial charge is 0.317 e. The van der Waals surface area contributed by atoms with Gasteiger partial charge in [-0.1, -0.05) is 13.8 Å². The van der Waals surface area contributed by atoms with E-state index in [1.807, 2.05) is 13.2 Å². The van der Waals surface area contributed by atoms with Crippen LogP contribution in [0.4, 0.5) is 4.79 Å². The molecule has 5 heteroatoms. The van der Waals surface area contributed by atoms with Gasteiger partial charge >= 0.3 is 6.03 Å². The first-order valence-electron chi connectivity index (χ1n) is 6.45. The molecule has 0 aromatic carbocycles. The number of amides is 2. The highest BCUT2D eigenvalue weighted by Gasteiger charge is 2.09. The van der Waals surface area contributed by atoms with Crippen molar-refractivity contribution in [3.8, 4) is 0 Å². The molecule has 0 unspecified atom stereocenters. The summed E-state index contributed by atoms with van der Waals surface area (Å²) in [6, 6.07) is -0.0254. The number of aryl methyl sites for hydroxylation is 1. The van der Waals surface area contributed by atoms with Crippen LogP contribution in [-0.4, -0.2) is 34.3 Å². The summed E-state index contributed by atoms with van der Waals surface area (Å²) < 4.78 is 1.74. The van der Waals surface area contributed by atoms with Crippen LogP contribution in [0.3, 0.4) is 0 Å². The number of hydrogen-bond donors (Lipinski definition) is 1. The molecular formula is C13H24N4O. The molecule has 0 atom stereocenters. The van der Waals surface area contributed by atoms with Crippen LogP contribution in [0.15, 0.2) is 12.4 Å². The Kier molecular flexibility index (Phi) is 5.68. The Labute approximate surface area is 109 Å². The molecule has 0 saturated carbocycles. The Balaban J connectivity index is 2.24. The Morgan fingerprint density at radius 3 is 2.83 bits per heavy atom. The van der Waals surface area contributed by atoms with Crippen molar-refractivity contribution in [2.24, 2.45) is 13.0 Å². The molecule has 0 aliphatic rings. The lowest BCUT2D eigenvalue weighted by Crippen LogP contribution is -2.37. The molecule has 1 N–H and O–H groups in total. The predicted molar refractivity (Wildman–Crippen MR) is 72.1 cm³/mol. The molecule has 102 valence electrons. The number of rotatable bonds is 6. The molecule has 5 nitrogen and oxygen atoms in total. The molecule has 0 saturated heterocycles. The summed E-state index contributed by atoms with van der Waals surface area (Å²) in [5, 5.41) is 7.01. The van der Waals surface area contributed by atoms with E-state index in [1.54, 1.807) is 22.8 Å². The van der Waals surface area contributed by atoms with Crippen LogP contribution in [0.2, 0.25) is 0 Å². The second kappa shape index (κ2) is 7.03. The molecule has 0 aliphatic heterocycles. The van der Waals surface area contributed by atoms with Crippen LogP contribution in [0.25, 0.3) is 0 Å². The monoisotopic (exact) mass is 252 g/mol. The highest BCUT2D eigenvalue weighted by Crippen LogP contribution is 2.03. The normalized spacial score (nSPS) is 10.7. The van der Waals surface area contributed by atoms with E-state index in [4.69, 9.17) is 0 Å². The molecule has 2 amide bonds. The van der Waals surface area contributed by atoms with Gasteiger partial charge in [0.25, 0.3) is 0 Å². The van der Waals surface area contributed by atoms with Gasteiger partial charge in [0.1, 0.15) is 0 Å².